The first kappa shape index (κ1) is 27.5. The van der Waals surface area contributed by atoms with E-state index in [4.69, 9.17) is 4.74 Å². The fourth-order valence-electron chi connectivity index (χ4n) is 6.03. The second-order valence-electron chi connectivity index (χ2n) is 10.7. The maximum Gasteiger partial charge on any atom is 0.287 e. The highest BCUT2D eigenvalue weighted by Crippen LogP contribution is 2.80. The molecular weight excluding hydrogens is 544 g/mol. The lowest BCUT2D eigenvalue weighted by molar-refractivity contribution is -0.347. The monoisotopic (exact) mass is 570 g/mol. The molecule has 39 heavy (non-hydrogen) atoms. The number of halogens is 4. The molecule has 0 saturated heterocycles. The van der Waals surface area contributed by atoms with Gasteiger partial charge < -0.3 is 14.9 Å². The van der Waals surface area contributed by atoms with Gasteiger partial charge in [0.25, 0.3) is 5.92 Å². The molecule has 2 atom stereocenters. The lowest BCUT2D eigenvalue weighted by Crippen LogP contribution is -2.76. The van der Waals surface area contributed by atoms with Crippen molar-refractivity contribution in [3.8, 4) is 5.75 Å². The summed E-state index contributed by atoms with van der Waals surface area (Å²) in [4.78, 5) is 0. The summed E-state index contributed by atoms with van der Waals surface area (Å²) in [7, 11) is -3.37. The van der Waals surface area contributed by atoms with Gasteiger partial charge in [-0.25, -0.2) is 30.7 Å². The largest absolute Gasteiger partial charge is 0.491 e. The highest BCUT2D eigenvalue weighted by Gasteiger charge is 2.82. The molecule has 3 fully saturated rings. The molecule has 0 aliphatic heterocycles. The summed E-state index contributed by atoms with van der Waals surface area (Å²) in [5.41, 5.74) is -5.21. The van der Waals surface area contributed by atoms with E-state index in [0.29, 0.717) is 11.8 Å². The summed E-state index contributed by atoms with van der Waals surface area (Å²) >= 11 is 0. The van der Waals surface area contributed by atoms with Crippen molar-refractivity contribution in [1.29, 1.82) is 0 Å². The van der Waals surface area contributed by atoms with Crippen LogP contribution in [0.1, 0.15) is 30.4 Å². The number of rotatable bonds is 11. The molecule has 2 bridgehead atoms. The van der Waals surface area contributed by atoms with Crippen molar-refractivity contribution in [2.75, 3.05) is 18.6 Å². The summed E-state index contributed by atoms with van der Waals surface area (Å²) in [6, 6.07) is 8.72. The normalized spacial score (nSPS) is 24.8. The van der Waals surface area contributed by atoms with Gasteiger partial charge in [0.05, 0.1) is 12.3 Å². The Morgan fingerprint density at radius 3 is 2.36 bits per heavy atom. The number of hydrogen-bond donors (Lipinski definition) is 2. The number of benzene rings is 2. The van der Waals surface area contributed by atoms with Gasteiger partial charge in [0.2, 0.25) is 0 Å². The summed E-state index contributed by atoms with van der Waals surface area (Å²) in [6.07, 6.45) is 0.921. The molecule has 0 amide bonds. The molecule has 6 rings (SSSR count). The Bertz CT molecular complexity index is 1450. The van der Waals surface area contributed by atoms with Gasteiger partial charge in [0, 0.05) is 23.3 Å². The van der Waals surface area contributed by atoms with E-state index in [1.807, 2.05) is 0 Å². The predicted molar refractivity (Wildman–Crippen MR) is 129 cm³/mol. The molecule has 3 aliphatic carbocycles. The molecule has 0 spiro atoms. The van der Waals surface area contributed by atoms with Crippen LogP contribution in [0, 0.1) is 17.0 Å². The molecule has 0 radical (unpaired) electrons. The second-order valence-corrected chi connectivity index (χ2v) is 12.9. The van der Waals surface area contributed by atoms with Gasteiger partial charge in [-0.15, -0.1) is 5.10 Å². The fraction of sp³-hybridized carbons (Fsp3) is 0.480. The van der Waals surface area contributed by atoms with Crippen molar-refractivity contribution in [3.63, 3.8) is 0 Å². The third kappa shape index (κ3) is 4.67. The first-order valence-electron chi connectivity index (χ1n) is 12.0. The molecule has 1 unspecified atom stereocenters. The number of aliphatic hydroxyl groups excluding tert-OH is 1. The SMILES string of the molecule is CS(=O)(=O)CC(O)COc1ccc(C23CC(C(F)(F)[C@@](O)(Cn4cnnn4)c4ccc(F)cc4F)(C2)C3)cc1. The standard InChI is InChI=1S/C25H26F4N4O5S/c1-39(36,37)10-18(34)9-38-19-5-2-16(3-6-19)22-11-23(12-22,13-22)25(28,29)24(35,14-33-15-30-31-32-33)20-7-4-17(26)8-21(20)27/h2-8,15,18,34-35H,9-14H2,1H3/t18?,22?,23?,24-/m1/s1. The van der Waals surface area contributed by atoms with E-state index in [0.717, 1.165) is 35.0 Å². The number of tetrazole rings is 1. The Balaban J connectivity index is 1.33. The van der Waals surface area contributed by atoms with Crippen LogP contribution >= 0.6 is 0 Å². The summed E-state index contributed by atoms with van der Waals surface area (Å²) in [5.74, 6) is -6.16. The summed E-state index contributed by atoms with van der Waals surface area (Å²) < 4.78 is 89.7. The van der Waals surface area contributed by atoms with E-state index >= 15 is 8.78 Å². The van der Waals surface area contributed by atoms with Crippen molar-refractivity contribution in [3.05, 3.63) is 71.6 Å². The zero-order valence-corrected chi connectivity index (χ0v) is 21.6. The van der Waals surface area contributed by atoms with Crippen molar-refractivity contribution in [1.82, 2.24) is 20.2 Å². The maximum absolute atomic E-state index is 16.3. The fourth-order valence-corrected chi connectivity index (χ4v) is 6.82. The molecule has 3 aromatic rings. The number of sulfone groups is 1. The topological polar surface area (TPSA) is 127 Å². The smallest absolute Gasteiger partial charge is 0.287 e. The van der Waals surface area contributed by atoms with Gasteiger partial charge in [-0.3, -0.25) is 0 Å². The maximum atomic E-state index is 16.3. The average molecular weight is 571 g/mol. The first-order chi connectivity index (χ1) is 18.2. The summed E-state index contributed by atoms with van der Waals surface area (Å²) in [6.45, 7) is -1.08. The quantitative estimate of drug-likeness (QED) is 0.337. The third-order valence-corrected chi connectivity index (χ3v) is 8.77. The average Bonchev–Trinajstić information content (AvgIpc) is 3.28. The molecule has 3 aliphatic rings. The van der Waals surface area contributed by atoms with Gasteiger partial charge in [-0.05, 0) is 64.9 Å². The lowest BCUT2D eigenvalue weighted by atomic mass is 9.30. The lowest BCUT2D eigenvalue weighted by Gasteiger charge is -2.74. The van der Waals surface area contributed by atoms with Crippen LogP contribution in [0.3, 0.4) is 0 Å². The van der Waals surface area contributed by atoms with Crippen LogP contribution in [0.25, 0.3) is 0 Å². The minimum atomic E-state index is -3.83. The minimum absolute atomic E-state index is 0.0288. The Morgan fingerprint density at radius 1 is 1.13 bits per heavy atom. The van der Waals surface area contributed by atoms with E-state index < -0.39 is 67.8 Å². The van der Waals surface area contributed by atoms with Crippen molar-refractivity contribution in [2.45, 2.75) is 48.8 Å². The van der Waals surface area contributed by atoms with E-state index in [1.54, 1.807) is 24.3 Å². The molecule has 1 aromatic heterocycles. The van der Waals surface area contributed by atoms with Crippen LogP contribution in [0.4, 0.5) is 17.6 Å². The van der Waals surface area contributed by atoms with Gasteiger partial charge in [-0.2, -0.15) is 0 Å². The highest BCUT2D eigenvalue weighted by atomic mass is 32.2. The molecule has 2 N–H and O–H groups in total. The summed E-state index contributed by atoms with van der Waals surface area (Å²) in [5, 5.41) is 31.6. The van der Waals surface area contributed by atoms with Crippen LogP contribution in [0.5, 0.6) is 5.75 Å². The molecule has 1 heterocycles. The van der Waals surface area contributed by atoms with E-state index in [1.165, 1.54) is 0 Å². The van der Waals surface area contributed by atoms with Crippen LogP contribution in [0.2, 0.25) is 0 Å². The van der Waals surface area contributed by atoms with Crippen LogP contribution in [0.15, 0.2) is 48.8 Å². The Hall–Kier alpha value is -3.10. The van der Waals surface area contributed by atoms with Crippen LogP contribution in [-0.4, -0.2) is 69.5 Å². The molecular formula is C25H26F4N4O5S. The number of nitrogens with zero attached hydrogens (tertiary/aromatic N) is 4. The molecule has 210 valence electrons. The van der Waals surface area contributed by atoms with Crippen molar-refractivity contribution < 1.29 is 40.9 Å². The van der Waals surface area contributed by atoms with Crippen molar-refractivity contribution >= 4 is 9.84 Å². The van der Waals surface area contributed by atoms with Gasteiger partial charge in [-0.1, -0.05) is 12.1 Å². The van der Waals surface area contributed by atoms with Gasteiger partial charge in [0.15, 0.2) is 5.60 Å². The van der Waals surface area contributed by atoms with Gasteiger partial charge >= 0.3 is 0 Å². The molecule has 2 aromatic carbocycles. The molecule has 3 saturated carbocycles. The zero-order chi connectivity index (χ0) is 28.3. The predicted octanol–water partition coefficient (Wildman–Crippen LogP) is 2.38. The second kappa shape index (κ2) is 9.24. The third-order valence-electron chi connectivity index (χ3n) is 7.78. The zero-order valence-electron chi connectivity index (χ0n) is 20.8. The van der Waals surface area contributed by atoms with Crippen LogP contribution in [-0.2, 0) is 27.4 Å². The minimum Gasteiger partial charge on any atom is -0.491 e. The number of alkyl halides is 2. The number of ether oxygens (including phenoxy) is 1. The number of aliphatic hydroxyl groups is 2. The number of hydrogen-bond acceptors (Lipinski definition) is 8. The number of aromatic nitrogens is 4. The Labute approximate surface area is 221 Å². The Kier molecular flexibility index (Phi) is 6.50. The van der Waals surface area contributed by atoms with E-state index in [2.05, 4.69) is 15.5 Å². The first-order valence-corrected chi connectivity index (χ1v) is 14.1. The molecule has 14 heteroatoms. The van der Waals surface area contributed by atoms with E-state index in [9.17, 15) is 27.4 Å². The van der Waals surface area contributed by atoms with E-state index in [-0.39, 0.29) is 25.9 Å². The Morgan fingerprint density at radius 2 is 1.79 bits per heavy atom. The highest BCUT2D eigenvalue weighted by molar-refractivity contribution is 7.90. The van der Waals surface area contributed by atoms with Crippen molar-refractivity contribution in [2.24, 2.45) is 5.41 Å². The molecule has 9 nitrogen and oxygen atoms in total. The van der Waals surface area contributed by atoms with Crippen LogP contribution < -0.4 is 4.74 Å². The van der Waals surface area contributed by atoms with Gasteiger partial charge in [0.1, 0.15) is 46.3 Å².